The fraction of sp³-hybridized carbons (Fsp3) is 0. The summed E-state index contributed by atoms with van der Waals surface area (Å²) in [7, 11) is 0. The van der Waals surface area contributed by atoms with E-state index in [9.17, 15) is 0 Å². The molecular weight excluding hydrogens is 551 g/mol. The summed E-state index contributed by atoms with van der Waals surface area (Å²) >= 11 is 1.88. The van der Waals surface area contributed by atoms with Crippen LogP contribution in [0.5, 0.6) is 0 Å². The van der Waals surface area contributed by atoms with E-state index in [1.807, 2.05) is 11.3 Å². The first-order chi connectivity index (χ1) is 21.8. The molecule has 0 saturated heterocycles. The molecule has 0 aliphatic heterocycles. The number of rotatable bonds is 6. The molecule has 8 aromatic rings. The molecule has 208 valence electrons. The van der Waals surface area contributed by atoms with Crippen LogP contribution >= 0.6 is 11.3 Å². The van der Waals surface area contributed by atoms with Crippen molar-refractivity contribution in [1.82, 2.24) is 0 Å². The summed E-state index contributed by atoms with van der Waals surface area (Å²) < 4.78 is 2.67. The number of fused-ring (bicyclic) bond motifs is 3. The van der Waals surface area contributed by atoms with Gasteiger partial charge in [-0.3, -0.25) is 0 Å². The van der Waals surface area contributed by atoms with Crippen LogP contribution in [0.15, 0.2) is 176 Å². The summed E-state index contributed by atoms with van der Waals surface area (Å²) in [5, 5.41) is 2.65. The summed E-state index contributed by atoms with van der Waals surface area (Å²) in [5.74, 6) is 0. The van der Waals surface area contributed by atoms with Gasteiger partial charge in [0.25, 0.3) is 0 Å². The maximum absolute atomic E-state index is 2.34. The number of hydrogen-bond acceptors (Lipinski definition) is 2. The molecule has 1 heterocycles. The molecule has 44 heavy (non-hydrogen) atoms. The number of nitrogens with zero attached hydrogens (tertiary/aromatic N) is 1. The lowest BCUT2D eigenvalue weighted by Crippen LogP contribution is -2.09. The highest BCUT2D eigenvalue weighted by atomic mass is 32.1. The second-order valence-electron chi connectivity index (χ2n) is 11.0. The van der Waals surface area contributed by atoms with Crippen molar-refractivity contribution in [1.29, 1.82) is 0 Å². The fourth-order valence-corrected chi connectivity index (χ4v) is 7.32. The Balaban J connectivity index is 1.19. The normalized spacial score (nSPS) is 11.2. The van der Waals surface area contributed by atoms with Gasteiger partial charge in [-0.2, -0.15) is 0 Å². The Morgan fingerprint density at radius 2 is 0.750 bits per heavy atom. The average Bonchev–Trinajstić information content (AvgIpc) is 3.49. The summed E-state index contributed by atoms with van der Waals surface area (Å²) in [6, 6.07) is 63.2. The number of anilines is 3. The van der Waals surface area contributed by atoms with E-state index in [2.05, 4.69) is 181 Å². The van der Waals surface area contributed by atoms with Gasteiger partial charge >= 0.3 is 0 Å². The molecule has 0 amide bonds. The van der Waals surface area contributed by atoms with Gasteiger partial charge in [-0.1, -0.05) is 133 Å². The van der Waals surface area contributed by atoms with Gasteiger partial charge in [0.2, 0.25) is 0 Å². The Morgan fingerprint density at radius 1 is 0.318 bits per heavy atom. The van der Waals surface area contributed by atoms with E-state index in [0.717, 1.165) is 17.1 Å². The molecule has 8 rings (SSSR count). The Morgan fingerprint density at radius 3 is 1.30 bits per heavy atom. The number of benzene rings is 7. The maximum atomic E-state index is 2.34. The van der Waals surface area contributed by atoms with E-state index in [-0.39, 0.29) is 0 Å². The largest absolute Gasteiger partial charge is 0.311 e. The molecule has 0 bridgehead atoms. The third-order valence-electron chi connectivity index (χ3n) is 8.31. The summed E-state index contributed by atoms with van der Waals surface area (Å²) in [6.45, 7) is 0. The average molecular weight is 580 g/mol. The lowest BCUT2D eigenvalue weighted by atomic mass is 10.0. The second-order valence-corrected chi connectivity index (χ2v) is 12.0. The van der Waals surface area contributed by atoms with E-state index in [0.29, 0.717) is 0 Å². The Kier molecular flexibility index (Phi) is 6.75. The molecule has 7 aromatic carbocycles. The van der Waals surface area contributed by atoms with Crippen molar-refractivity contribution < 1.29 is 0 Å². The predicted molar refractivity (Wildman–Crippen MR) is 190 cm³/mol. The zero-order valence-corrected chi connectivity index (χ0v) is 24.9. The standard InChI is InChI=1S/C42H29NS/c1-3-10-30(11-4-1)32-18-24-35(25-19-32)43(36-26-20-33(21-27-36)31-12-5-2-6-13-31)37-28-22-34(23-29-37)38-15-9-16-40-39-14-7-8-17-41(39)44-42(38)40/h1-29H. The molecule has 0 atom stereocenters. The third-order valence-corrected chi connectivity index (χ3v) is 9.53. The van der Waals surface area contributed by atoms with Crippen molar-refractivity contribution in [3.63, 3.8) is 0 Å². The smallest absolute Gasteiger partial charge is 0.0462 e. The fourth-order valence-electron chi connectivity index (χ4n) is 6.08. The molecule has 1 aromatic heterocycles. The first-order valence-corrected chi connectivity index (χ1v) is 15.8. The van der Waals surface area contributed by atoms with Crippen LogP contribution in [0.4, 0.5) is 17.1 Å². The van der Waals surface area contributed by atoms with E-state index < -0.39 is 0 Å². The lowest BCUT2D eigenvalue weighted by molar-refractivity contribution is 1.28. The van der Waals surface area contributed by atoms with Crippen LogP contribution in [0.2, 0.25) is 0 Å². The molecule has 2 heteroatoms. The van der Waals surface area contributed by atoms with Crippen molar-refractivity contribution in [2.24, 2.45) is 0 Å². The molecule has 0 aliphatic carbocycles. The minimum Gasteiger partial charge on any atom is -0.311 e. The van der Waals surface area contributed by atoms with Crippen molar-refractivity contribution in [2.45, 2.75) is 0 Å². The van der Waals surface area contributed by atoms with Gasteiger partial charge in [0.1, 0.15) is 0 Å². The molecule has 0 saturated carbocycles. The molecule has 0 unspecified atom stereocenters. The van der Waals surface area contributed by atoms with Gasteiger partial charge in [0, 0.05) is 37.2 Å². The summed E-state index contributed by atoms with van der Waals surface area (Å²) in [4.78, 5) is 2.34. The van der Waals surface area contributed by atoms with Gasteiger partial charge in [-0.15, -0.1) is 11.3 Å². The number of thiophene rings is 1. The highest BCUT2D eigenvalue weighted by Gasteiger charge is 2.15. The highest BCUT2D eigenvalue weighted by molar-refractivity contribution is 7.26. The first kappa shape index (κ1) is 26.2. The Labute approximate surface area is 261 Å². The van der Waals surface area contributed by atoms with Crippen LogP contribution in [0.25, 0.3) is 53.6 Å². The quantitative estimate of drug-likeness (QED) is 0.189. The van der Waals surface area contributed by atoms with Gasteiger partial charge in [-0.05, 0) is 75.8 Å². The van der Waals surface area contributed by atoms with E-state index in [1.54, 1.807) is 0 Å². The molecule has 1 nitrogen and oxygen atoms in total. The van der Waals surface area contributed by atoms with Gasteiger partial charge in [-0.25, -0.2) is 0 Å². The SMILES string of the molecule is c1ccc(-c2ccc(N(c3ccc(-c4ccccc4)cc3)c3ccc(-c4cccc5c4sc4ccccc45)cc3)cc2)cc1. The molecule has 0 aliphatic rings. The number of hydrogen-bond donors (Lipinski definition) is 0. The highest BCUT2D eigenvalue weighted by Crippen LogP contribution is 2.41. The predicted octanol–water partition coefficient (Wildman–Crippen LogP) is 12.5. The second kappa shape index (κ2) is 11.3. The van der Waals surface area contributed by atoms with E-state index in [4.69, 9.17) is 0 Å². The molecular formula is C42H29NS. The van der Waals surface area contributed by atoms with Crippen LogP contribution < -0.4 is 4.90 Å². The molecule has 0 spiro atoms. The minimum atomic E-state index is 1.12. The monoisotopic (exact) mass is 579 g/mol. The first-order valence-electron chi connectivity index (χ1n) is 14.9. The lowest BCUT2D eigenvalue weighted by Gasteiger charge is -2.26. The van der Waals surface area contributed by atoms with Gasteiger partial charge < -0.3 is 4.90 Å². The topological polar surface area (TPSA) is 3.24 Å². The van der Waals surface area contributed by atoms with Crippen molar-refractivity contribution in [2.75, 3.05) is 4.90 Å². The third kappa shape index (κ3) is 4.86. The van der Waals surface area contributed by atoms with Gasteiger partial charge in [0.05, 0.1) is 0 Å². The van der Waals surface area contributed by atoms with E-state index in [1.165, 1.54) is 53.6 Å². The Bertz CT molecular complexity index is 2100. The zero-order chi connectivity index (χ0) is 29.3. The molecule has 0 N–H and O–H groups in total. The zero-order valence-electron chi connectivity index (χ0n) is 24.1. The van der Waals surface area contributed by atoms with Crippen LogP contribution in [0.3, 0.4) is 0 Å². The molecule has 0 fully saturated rings. The molecule has 0 radical (unpaired) electrons. The summed E-state index contributed by atoms with van der Waals surface area (Å²) in [5.41, 5.74) is 10.7. The van der Waals surface area contributed by atoms with Crippen molar-refractivity contribution in [3.8, 4) is 33.4 Å². The summed E-state index contributed by atoms with van der Waals surface area (Å²) in [6.07, 6.45) is 0. The van der Waals surface area contributed by atoms with Crippen LogP contribution in [0.1, 0.15) is 0 Å². The van der Waals surface area contributed by atoms with Crippen LogP contribution in [0, 0.1) is 0 Å². The van der Waals surface area contributed by atoms with Crippen LogP contribution in [-0.4, -0.2) is 0 Å². The van der Waals surface area contributed by atoms with E-state index >= 15 is 0 Å². The van der Waals surface area contributed by atoms with Gasteiger partial charge in [0.15, 0.2) is 0 Å². The van der Waals surface area contributed by atoms with Crippen LogP contribution in [-0.2, 0) is 0 Å². The van der Waals surface area contributed by atoms with Crippen molar-refractivity contribution in [3.05, 3.63) is 176 Å². The van der Waals surface area contributed by atoms with Crippen molar-refractivity contribution >= 4 is 48.6 Å². The Hall–Kier alpha value is -5.44. The maximum Gasteiger partial charge on any atom is 0.0462 e. The minimum absolute atomic E-state index is 1.12.